The summed E-state index contributed by atoms with van der Waals surface area (Å²) in [4.78, 5) is 36.2. The Kier molecular flexibility index (Phi) is 8.02. The molecule has 0 aliphatic carbocycles. The van der Waals surface area contributed by atoms with Crippen molar-refractivity contribution in [3.63, 3.8) is 0 Å². The van der Waals surface area contributed by atoms with Crippen molar-refractivity contribution in [2.24, 2.45) is 0 Å². The van der Waals surface area contributed by atoms with Crippen molar-refractivity contribution < 1.29 is 33.3 Å². The Morgan fingerprint density at radius 2 is 1.69 bits per heavy atom. The smallest absolute Gasteiger partial charge is 0.338 e. The molecule has 2 rings (SSSR count). The number of benzene rings is 2. The van der Waals surface area contributed by atoms with Crippen molar-refractivity contribution in [1.82, 2.24) is 5.32 Å². The summed E-state index contributed by atoms with van der Waals surface area (Å²) in [5.41, 5.74) is 0.428. The number of amides is 2. The Hall–Kier alpha value is -3.07. The number of halogens is 1. The fraction of sp³-hybridized carbons (Fsp3) is 0.250. The third-order valence-electron chi connectivity index (χ3n) is 3.69. The maximum absolute atomic E-state index is 12.2. The van der Waals surface area contributed by atoms with Crippen LogP contribution in [0.2, 0.25) is 0 Å². The summed E-state index contributed by atoms with van der Waals surface area (Å²) in [6.45, 7) is 1.62. The van der Waals surface area contributed by atoms with Gasteiger partial charge in [0.1, 0.15) is 5.75 Å². The van der Waals surface area contributed by atoms with Gasteiger partial charge in [0.05, 0.1) is 30.9 Å². The highest BCUT2D eigenvalue weighted by Gasteiger charge is 2.18. The molecule has 2 aromatic carbocycles. The second kappa shape index (κ2) is 10.5. The number of carbonyl (C=O) groups excluding carboxylic acids is 3. The molecule has 0 heterocycles. The normalized spacial score (nSPS) is 10.1. The first-order valence-corrected chi connectivity index (χ1v) is 9.34. The van der Waals surface area contributed by atoms with E-state index in [2.05, 4.69) is 21.2 Å². The Balaban J connectivity index is 1.96. The third-order valence-corrected chi connectivity index (χ3v) is 4.28. The number of ether oxygens (including phenoxy) is 4. The summed E-state index contributed by atoms with van der Waals surface area (Å²) in [5, 5.41) is 2.15. The summed E-state index contributed by atoms with van der Waals surface area (Å²) < 4.78 is 21.2. The van der Waals surface area contributed by atoms with E-state index in [1.165, 1.54) is 38.5 Å². The average Bonchev–Trinajstić information content (AvgIpc) is 2.73. The van der Waals surface area contributed by atoms with Crippen LogP contribution in [0, 0.1) is 0 Å². The quantitative estimate of drug-likeness (QED) is 0.597. The molecule has 0 fully saturated rings. The van der Waals surface area contributed by atoms with E-state index in [4.69, 9.17) is 18.9 Å². The second-order valence-corrected chi connectivity index (χ2v) is 6.46. The van der Waals surface area contributed by atoms with Gasteiger partial charge in [0, 0.05) is 5.56 Å². The summed E-state index contributed by atoms with van der Waals surface area (Å²) in [6.07, 6.45) is 0. The maximum Gasteiger partial charge on any atom is 0.338 e. The van der Waals surface area contributed by atoms with Crippen LogP contribution in [-0.4, -0.2) is 45.2 Å². The first kappa shape index (κ1) is 22.2. The summed E-state index contributed by atoms with van der Waals surface area (Å²) in [6, 6.07) is 9.15. The van der Waals surface area contributed by atoms with Gasteiger partial charge in [0.2, 0.25) is 0 Å². The van der Waals surface area contributed by atoms with Crippen molar-refractivity contribution in [2.45, 2.75) is 6.92 Å². The number of rotatable bonds is 8. The number of nitrogens with one attached hydrogen (secondary N) is 1. The van der Waals surface area contributed by atoms with E-state index in [-0.39, 0.29) is 11.1 Å². The molecule has 29 heavy (non-hydrogen) atoms. The molecule has 0 unspecified atom stereocenters. The average molecular weight is 466 g/mol. The van der Waals surface area contributed by atoms with Gasteiger partial charge in [-0.2, -0.15) is 0 Å². The van der Waals surface area contributed by atoms with Gasteiger partial charge in [0.15, 0.2) is 18.1 Å². The first-order valence-electron chi connectivity index (χ1n) is 8.55. The largest absolute Gasteiger partial charge is 0.497 e. The molecular weight excluding hydrogens is 446 g/mol. The van der Waals surface area contributed by atoms with Crippen molar-refractivity contribution in [2.75, 3.05) is 27.4 Å². The molecular formula is C20H20BrNO7. The van der Waals surface area contributed by atoms with Crippen molar-refractivity contribution >= 4 is 33.7 Å². The standard InChI is InChI=1S/C20H20BrNO7/c1-4-28-18-15(21)9-13(10-16(18)27-3)20(25)29-11-17(23)22-19(24)12-5-7-14(26-2)8-6-12/h5-10H,4,11H2,1-3H3,(H,22,23,24). The zero-order chi connectivity index (χ0) is 21.4. The molecule has 2 aromatic rings. The highest BCUT2D eigenvalue weighted by molar-refractivity contribution is 9.10. The lowest BCUT2D eigenvalue weighted by molar-refractivity contribution is -0.123. The molecule has 0 aromatic heterocycles. The highest BCUT2D eigenvalue weighted by Crippen LogP contribution is 2.36. The number of carbonyl (C=O) groups is 3. The molecule has 9 heteroatoms. The summed E-state index contributed by atoms with van der Waals surface area (Å²) in [5.74, 6) is -0.741. The molecule has 8 nitrogen and oxygen atoms in total. The fourth-order valence-corrected chi connectivity index (χ4v) is 2.87. The van der Waals surface area contributed by atoms with Gasteiger partial charge < -0.3 is 18.9 Å². The Bertz CT molecular complexity index is 896. The fourth-order valence-electron chi connectivity index (χ4n) is 2.31. The van der Waals surface area contributed by atoms with Crippen molar-refractivity contribution in [3.8, 4) is 17.2 Å². The minimum atomic E-state index is -0.754. The Labute approximate surface area is 176 Å². The zero-order valence-corrected chi connectivity index (χ0v) is 17.7. The molecule has 154 valence electrons. The van der Waals surface area contributed by atoms with E-state index in [0.717, 1.165) is 0 Å². The number of hydrogen-bond acceptors (Lipinski definition) is 7. The van der Waals surface area contributed by atoms with Gasteiger partial charge in [-0.1, -0.05) is 0 Å². The highest BCUT2D eigenvalue weighted by atomic mass is 79.9. The van der Waals surface area contributed by atoms with Crippen molar-refractivity contribution in [3.05, 3.63) is 52.0 Å². The van der Waals surface area contributed by atoms with Crippen LogP contribution >= 0.6 is 15.9 Å². The maximum atomic E-state index is 12.2. The van der Waals surface area contributed by atoms with Gasteiger partial charge in [-0.05, 0) is 59.3 Å². The van der Waals surface area contributed by atoms with Crippen LogP contribution in [0.15, 0.2) is 40.9 Å². The topological polar surface area (TPSA) is 100 Å². The number of imide groups is 1. The van der Waals surface area contributed by atoms with E-state index >= 15 is 0 Å². The predicted molar refractivity (Wildman–Crippen MR) is 108 cm³/mol. The molecule has 2 amide bonds. The first-order chi connectivity index (χ1) is 13.9. The SMILES string of the molecule is CCOc1c(Br)cc(C(=O)OCC(=O)NC(=O)c2ccc(OC)cc2)cc1OC. The molecule has 0 saturated carbocycles. The predicted octanol–water partition coefficient (Wildman–Crippen LogP) is 2.98. The lowest BCUT2D eigenvalue weighted by Gasteiger charge is -2.13. The molecule has 1 N–H and O–H groups in total. The van der Waals surface area contributed by atoms with Crippen molar-refractivity contribution in [1.29, 1.82) is 0 Å². The van der Waals surface area contributed by atoms with Gasteiger partial charge in [0.25, 0.3) is 11.8 Å². The summed E-state index contributed by atoms with van der Waals surface area (Å²) >= 11 is 3.31. The Morgan fingerprint density at radius 1 is 1.00 bits per heavy atom. The van der Waals surface area contributed by atoms with Crippen LogP contribution in [0.25, 0.3) is 0 Å². The lowest BCUT2D eigenvalue weighted by atomic mass is 10.2. The molecule has 0 saturated heterocycles. The molecule has 0 bridgehead atoms. The van der Waals surface area contributed by atoms with E-state index < -0.39 is 24.4 Å². The minimum Gasteiger partial charge on any atom is -0.497 e. The van der Waals surface area contributed by atoms with Gasteiger partial charge in [-0.15, -0.1) is 0 Å². The van der Waals surface area contributed by atoms with Gasteiger partial charge in [-0.25, -0.2) is 4.79 Å². The monoisotopic (exact) mass is 465 g/mol. The number of hydrogen-bond donors (Lipinski definition) is 1. The molecule has 0 radical (unpaired) electrons. The number of methoxy groups -OCH3 is 2. The van der Waals surface area contributed by atoms with E-state index in [0.29, 0.717) is 28.3 Å². The van der Waals surface area contributed by atoms with Gasteiger partial charge in [-0.3, -0.25) is 14.9 Å². The lowest BCUT2D eigenvalue weighted by Crippen LogP contribution is -2.34. The van der Waals surface area contributed by atoms with E-state index in [1.807, 2.05) is 6.92 Å². The van der Waals surface area contributed by atoms with Crippen LogP contribution in [0.1, 0.15) is 27.6 Å². The summed E-state index contributed by atoms with van der Waals surface area (Å²) in [7, 11) is 2.95. The zero-order valence-electron chi connectivity index (χ0n) is 16.1. The van der Waals surface area contributed by atoms with E-state index in [1.54, 1.807) is 12.1 Å². The third kappa shape index (κ3) is 5.95. The molecule has 0 spiro atoms. The van der Waals surface area contributed by atoms with Crippen LogP contribution in [0.5, 0.6) is 17.2 Å². The minimum absolute atomic E-state index is 0.159. The van der Waals surface area contributed by atoms with Crippen LogP contribution in [0.3, 0.4) is 0 Å². The van der Waals surface area contributed by atoms with Crippen LogP contribution in [-0.2, 0) is 9.53 Å². The molecule has 0 aliphatic heterocycles. The molecule has 0 atom stereocenters. The van der Waals surface area contributed by atoms with Crippen LogP contribution < -0.4 is 19.5 Å². The van der Waals surface area contributed by atoms with E-state index in [9.17, 15) is 14.4 Å². The van der Waals surface area contributed by atoms with Crippen LogP contribution in [0.4, 0.5) is 0 Å². The molecule has 0 aliphatic rings. The number of esters is 1. The second-order valence-electron chi connectivity index (χ2n) is 5.60. The van der Waals surface area contributed by atoms with Gasteiger partial charge >= 0.3 is 5.97 Å². The Morgan fingerprint density at radius 3 is 2.28 bits per heavy atom.